The van der Waals surface area contributed by atoms with Crippen molar-refractivity contribution in [3.63, 3.8) is 0 Å². The van der Waals surface area contributed by atoms with Crippen molar-refractivity contribution in [3.8, 4) is 5.69 Å². The molecule has 10 rings (SSSR count). The maximum absolute atomic E-state index is 6.56. The predicted octanol–water partition coefficient (Wildman–Crippen LogP) is 12.2. The lowest BCUT2D eigenvalue weighted by atomic mass is 10.0. The molecule has 0 aliphatic carbocycles. The molecule has 0 unspecified atom stereocenters. The van der Waals surface area contributed by atoms with Crippen LogP contribution in [0.25, 0.3) is 65.8 Å². The number of aliphatic imine (C=N–C) groups is 1. The summed E-state index contributed by atoms with van der Waals surface area (Å²) in [6.45, 7) is 0. The number of aromatic amines is 1. The fourth-order valence-corrected chi connectivity index (χ4v) is 7.42. The lowest BCUT2D eigenvalue weighted by Gasteiger charge is -2.12. The molecule has 10 aromatic rings. The van der Waals surface area contributed by atoms with Crippen LogP contribution in [0.1, 0.15) is 16.7 Å². The zero-order chi connectivity index (χ0) is 36.3. The smallest absolute Gasteiger partial charge is 0.131 e. The molecule has 4 heteroatoms. The van der Waals surface area contributed by atoms with Crippen LogP contribution in [0.4, 0.5) is 0 Å². The number of allylic oxidation sites excluding steroid dienone is 1. The van der Waals surface area contributed by atoms with Crippen molar-refractivity contribution in [3.05, 3.63) is 217 Å². The number of para-hydroxylation sites is 4. The summed E-state index contributed by atoms with van der Waals surface area (Å²) in [6.07, 6.45) is 2.93. The number of rotatable bonds is 6. The molecule has 3 N–H and O–H groups in total. The first-order valence-electron chi connectivity index (χ1n) is 18.3. The van der Waals surface area contributed by atoms with Crippen molar-refractivity contribution in [2.45, 2.75) is 6.42 Å². The normalized spacial score (nSPS) is 12.1. The highest BCUT2D eigenvalue weighted by Gasteiger charge is 2.13. The van der Waals surface area contributed by atoms with Gasteiger partial charge in [0.05, 0.1) is 16.7 Å². The van der Waals surface area contributed by atoms with Crippen LogP contribution < -0.4 is 5.73 Å². The molecule has 0 fully saturated rings. The van der Waals surface area contributed by atoms with Gasteiger partial charge in [0.15, 0.2) is 0 Å². The van der Waals surface area contributed by atoms with Crippen LogP contribution in [0.5, 0.6) is 0 Å². The largest absolute Gasteiger partial charge is 0.383 e. The number of fused-ring (bicyclic) bond motifs is 7. The third-order valence-corrected chi connectivity index (χ3v) is 10.0. The minimum absolute atomic E-state index is 0.498. The molecule has 0 saturated heterocycles. The quantitative estimate of drug-likeness (QED) is 0.132. The van der Waals surface area contributed by atoms with Crippen LogP contribution in [0.15, 0.2) is 205 Å². The van der Waals surface area contributed by atoms with Crippen LogP contribution in [-0.4, -0.2) is 15.4 Å². The van der Waals surface area contributed by atoms with Gasteiger partial charge in [-0.15, -0.1) is 0 Å². The molecule has 0 bridgehead atoms. The highest BCUT2D eigenvalue weighted by atomic mass is 15.0. The zero-order valence-electron chi connectivity index (χ0n) is 29.7. The van der Waals surface area contributed by atoms with Gasteiger partial charge in [-0.3, -0.25) is 0 Å². The molecule has 0 aliphatic heterocycles. The van der Waals surface area contributed by atoms with Gasteiger partial charge in [-0.25, -0.2) is 4.99 Å². The molecule has 0 amide bonds. The fourth-order valence-electron chi connectivity index (χ4n) is 7.42. The molecule has 0 spiro atoms. The summed E-state index contributed by atoms with van der Waals surface area (Å²) >= 11 is 0. The monoisotopic (exact) mass is 694 g/mol. The summed E-state index contributed by atoms with van der Waals surface area (Å²) in [7, 11) is 0. The molecule has 2 heterocycles. The van der Waals surface area contributed by atoms with Crippen molar-refractivity contribution < 1.29 is 0 Å². The van der Waals surface area contributed by atoms with Crippen molar-refractivity contribution in [1.82, 2.24) is 9.55 Å². The molecule has 0 radical (unpaired) electrons. The van der Waals surface area contributed by atoms with Crippen LogP contribution in [0.2, 0.25) is 0 Å². The summed E-state index contributed by atoms with van der Waals surface area (Å²) in [4.78, 5) is 8.37. The van der Waals surface area contributed by atoms with Gasteiger partial charge >= 0.3 is 0 Å². The van der Waals surface area contributed by atoms with Crippen LogP contribution in [-0.2, 0) is 6.42 Å². The maximum Gasteiger partial charge on any atom is 0.131 e. The minimum Gasteiger partial charge on any atom is -0.383 e. The molecule has 4 nitrogen and oxygen atoms in total. The Labute approximate surface area is 314 Å². The first-order valence-corrected chi connectivity index (χ1v) is 18.3. The van der Waals surface area contributed by atoms with Gasteiger partial charge in [-0.2, -0.15) is 0 Å². The number of benzene rings is 8. The van der Waals surface area contributed by atoms with Crippen LogP contribution in [0, 0.1) is 0 Å². The first-order chi connectivity index (χ1) is 26.7. The van der Waals surface area contributed by atoms with Crippen LogP contribution >= 0.6 is 0 Å². The van der Waals surface area contributed by atoms with E-state index in [1.807, 2.05) is 30.3 Å². The van der Waals surface area contributed by atoms with E-state index in [0.29, 0.717) is 5.84 Å². The Balaban J connectivity index is 0.000000247. The molecular formula is C50H38N4. The maximum atomic E-state index is 6.56. The standard InChI is InChI=1S/C38H29N3.C12H9N/c39-38(29-12-2-1-3-13-29)40-35(24-22-27-21-23-28-11-4-5-14-30(28)25-27)31-15-10-16-32(26-31)41-36-19-8-6-17-33(36)34-18-7-9-20-37(34)41;1-3-7-11-9(5-1)10-6-2-4-8-12(10)13-11/h1-21,23-26H,22H2,(H2,39,40);1-8,13H/b35-24-;. The summed E-state index contributed by atoms with van der Waals surface area (Å²) < 4.78 is 2.33. The van der Waals surface area contributed by atoms with E-state index >= 15 is 0 Å². The van der Waals surface area contributed by atoms with Gasteiger partial charge in [0.25, 0.3) is 0 Å². The van der Waals surface area contributed by atoms with Crippen LogP contribution in [0.3, 0.4) is 0 Å². The average Bonchev–Trinajstić information content (AvgIpc) is 3.79. The number of amidine groups is 1. The Hall–Kier alpha value is -7.17. The summed E-state index contributed by atoms with van der Waals surface area (Å²) in [5, 5.41) is 7.57. The molecule has 0 atom stereocenters. The fraction of sp³-hybridized carbons (Fsp3) is 0.0200. The van der Waals surface area contributed by atoms with E-state index in [1.54, 1.807) is 0 Å². The first kappa shape index (κ1) is 32.7. The van der Waals surface area contributed by atoms with E-state index in [-0.39, 0.29) is 0 Å². The predicted molar refractivity (Wildman–Crippen MR) is 229 cm³/mol. The Bertz CT molecular complexity index is 2880. The SMILES string of the molecule is NC(=N/C(=C\Cc1ccc2ccccc2c1)c1cccc(-n2c3ccccc3c3ccccc32)c1)c1ccccc1.c1ccc2c(c1)[nH]c1ccccc12. The van der Waals surface area contributed by atoms with Gasteiger partial charge in [0.1, 0.15) is 5.84 Å². The third-order valence-electron chi connectivity index (χ3n) is 10.0. The Kier molecular flexibility index (Phi) is 8.76. The van der Waals surface area contributed by atoms with Gasteiger partial charge in [0.2, 0.25) is 0 Å². The van der Waals surface area contributed by atoms with Crippen molar-refractivity contribution in [1.29, 1.82) is 0 Å². The molecule has 2 aromatic heterocycles. The Morgan fingerprint density at radius 2 is 1.06 bits per heavy atom. The molecule has 0 aliphatic rings. The van der Waals surface area contributed by atoms with E-state index in [1.165, 1.54) is 59.9 Å². The number of nitrogens with one attached hydrogen (secondary N) is 1. The second kappa shape index (κ2) is 14.5. The second-order valence-corrected chi connectivity index (χ2v) is 13.5. The Morgan fingerprint density at radius 3 is 1.74 bits per heavy atom. The van der Waals surface area contributed by atoms with Gasteiger partial charge in [-0.1, -0.05) is 164 Å². The van der Waals surface area contributed by atoms with Gasteiger partial charge < -0.3 is 15.3 Å². The second-order valence-electron chi connectivity index (χ2n) is 13.5. The van der Waals surface area contributed by atoms with Crippen molar-refractivity contribution in [2.75, 3.05) is 0 Å². The zero-order valence-corrected chi connectivity index (χ0v) is 29.7. The van der Waals surface area contributed by atoms with Gasteiger partial charge in [-0.05, 0) is 59.2 Å². The highest BCUT2D eigenvalue weighted by Crippen LogP contribution is 2.33. The number of hydrogen-bond donors (Lipinski definition) is 2. The molecule has 258 valence electrons. The van der Waals surface area contributed by atoms with E-state index < -0.39 is 0 Å². The van der Waals surface area contributed by atoms with Gasteiger partial charge in [0, 0.05) is 49.4 Å². The Morgan fingerprint density at radius 1 is 0.500 bits per heavy atom. The number of aromatic nitrogens is 2. The number of nitrogens with two attached hydrogens (primary N) is 1. The lowest BCUT2D eigenvalue weighted by molar-refractivity contribution is 1.17. The lowest BCUT2D eigenvalue weighted by Crippen LogP contribution is -2.13. The van der Waals surface area contributed by atoms with E-state index in [0.717, 1.165) is 28.9 Å². The number of nitrogens with zero attached hydrogens (tertiary/aromatic N) is 2. The average molecular weight is 695 g/mol. The van der Waals surface area contributed by atoms with E-state index in [2.05, 4.69) is 179 Å². The summed E-state index contributed by atoms with van der Waals surface area (Å²) in [6, 6.07) is 67.5. The minimum atomic E-state index is 0.498. The highest BCUT2D eigenvalue weighted by molar-refractivity contribution is 6.09. The van der Waals surface area contributed by atoms with E-state index in [9.17, 15) is 0 Å². The molecule has 8 aromatic carbocycles. The summed E-state index contributed by atoms with van der Waals surface area (Å²) in [5.74, 6) is 0.498. The molecule has 0 saturated carbocycles. The number of hydrogen-bond acceptors (Lipinski definition) is 1. The molecule has 54 heavy (non-hydrogen) atoms. The third kappa shape index (κ3) is 6.42. The van der Waals surface area contributed by atoms with E-state index in [4.69, 9.17) is 10.7 Å². The number of H-pyrrole nitrogens is 1. The van der Waals surface area contributed by atoms with Crippen molar-refractivity contribution >= 4 is 65.9 Å². The topological polar surface area (TPSA) is 59.1 Å². The van der Waals surface area contributed by atoms with Crippen molar-refractivity contribution in [2.24, 2.45) is 10.7 Å². The molecular weight excluding hydrogens is 657 g/mol. The summed E-state index contributed by atoms with van der Waals surface area (Å²) in [5.41, 5.74) is 16.4.